The largest absolute Gasteiger partial charge is 0.310 e. The second-order valence-electron chi connectivity index (χ2n) is 6.70. The predicted octanol–water partition coefficient (Wildman–Crippen LogP) is 3.95. The van der Waals surface area contributed by atoms with Gasteiger partial charge in [-0.15, -0.1) is 0 Å². The Labute approximate surface area is 120 Å². The van der Waals surface area contributed by atoms with Gasteiger partial charge >= 0.3 is 0 Å². The number of hydrogen-bond donors (Lipinski definition) is 1. The van der Waals surface area contributed by atoms with E-state index in [-0.39, 0.29) is 0 Å². The molecule has 2 fully saturated rings. The van der Waals surface area contributed by atoms with Crippen LogP contribution in [-0.4, -0.2) is 36.6 Å². The number of rotatable bonds is 11. The highest BCUT2D eigenvalue weighted by molar-refractivity contribution is 4.89. The summed E-state index contributed by atoms with van der Waals surface area (Å²) in [5.41, 5.74) is 0. The third-order valence-corrected chi connectivity index (χ3v) is 4.65. The molecule has 0 amide bonds. The molecule has 0 aromatic carbocycles. The van der Waals surface area contributed by atoms with Crippen LogP contribution in [0.1, 0.15) is 77.6 Å². The minimum absolute atomic E-state index is 0.807. The highest BCUT2D eigenvalue weighted by Gasteiger charge is 2.28. The lowest BCUT2D eigenvalue weighted by Gasteiger charge is -2.16. The van der Waals surface area contributed by atoms with E-state index in [4.69, 9.17) is 0 Å². The Morgan fingerprint density at radius 2 is 1.53 bits per heavy atom. The van der Waals surface area contributed by atoms with Gasteiger partial charge in [-0.2, -0.15) is 0 Å². The molecule has 1 atom stereocenters. The maximum Gasteiger partial charge on any atom is 0.0209 e. The summed E-state index contributed by atoms with van der Waals surface area (Å²) in [6.45, 7) is 6.28. The Hall–Kier alpha value is -0.0800. The summed E-state index contributed by atoms with van der Waals surface area (Å²) >= 11 is 0. The first-order valence-corrected chi connectivity index (χ1v) is 8.87. The normalized spacial score (nSPS) is 24.2. The van der Waals surface area contributed by atoms with Crippen molar-refractivity contribution < 1.29 is 0 Å². The number of hydrogen-bond acceptors (Lipinski definition) is 2. The summed E-state index contributed by atoms with van der Waals surface area (Å²) in [5, 5.41) is 3.77. The zero-order valence-corrected chi connectivity index (χ0v) is 13.0. The van der Waals surface area contributed by atoms with E-state index in [2.05, 4.69) is 17.1 Å². The van der Waals surface area contributed by atoms with Gasteiger partial charge in [0.25, 0.3) is 0 Å². The standard InChI is InChI=1S/C17H34N2/c1-2-3-4-5-6-7-8-9-13-19-14-12-17(15-19)18-16-10-11-16/h16-18H,2-15H2,1H3. The molecule has 0 spiro atoms. The van der Waals surface area contributed by atoms with Crippen LogP contribution < -0.4 is 5.32 Å². The summed E-state index contributed by atoms with van der Waals surface area (Å²) in [6, 6.07) is 1.69. The van der Waals surface area contributed by atoms with Crippen LogP contribution >= 0.6 is 0 Å². The molecule has 1 heterocycles. The van der Waals surface area contributed by atoms with Gasteiger partial charge in [0.05, 0.1) is 0 Å². The van der Waals surface area contributed by atoms with Crippen molar-refractivity contribution >= 4 is 0 Å². The SMILES string of the molecule is CCCCCCCCCCN1CCC(NC2CC2)C1. The smallest absolute Gasteiger partial charge is 0.0209 e. The quantitative estimate of drug-likeness (QED) is 0.570. The molecule has 1 aliphatic carbocycles. The number of unbranched alkanes of at least 4 members (excludes halogenated alkanes) is 7. The summed E-state index contributed by atoms with van der Waals surface area (Å²) in [4.78, 5) is 2.68. The zero-order valence-electron chi connectivity index (χ0n) is 13.0. The minimum atomic E-state index is 0.807. The van der Waals surface area contributed by atoms with Crippen molar-refractivity contribution in [2.45, 2.75) is 89.6 Å². The Morgan fingerprint density at radius 1 is 0.842 bits per heavy atom. The van der Waals surface area contributed by atoms with Gasteiger partial charge in [-0.3, -0.25) is 0 Å². The molecule has 0 aromatic rings. The van der Waals surface area contributed by atoms with Crippen molar-refractivity contribution in [3.63, 3.8) is 0 Å². The van der Waals surface area contributed by atoms with Gasteiger partial charge in [0.2, 0.25) is 0 Å². The van der Waals surface area contributed by atoms with Crippen molar-refractivity contribution in [1.82, 2.24) is 10.2 Å². The minimum Gasteiger partial charge on any atom is -0.310 e. The van der Waals surface area contributed by atoms with Crippen LogP contribution in [0.25, 0.3) is 0 Å². The van der Waals surface area contributed by atoms with Gasteiger partial charge in [-0.05, 0) is 38.8 Å². The fourth-order valence-electron chi connectivity index (χ4n) is 3.22. The van der Waals surface area contributed by atoms with Crippen LogP contribution in [-0.2, 0) is 0 Å². The lowest BCUT2D eigenvalue weighted by atomic mass is 10.1. The molecular formula is C17H34N2. The number of nitrogens with one attached hydrogen (secondary N) is 1. The second kappa shape index (κ2) is 8.97. The second-order valence-corrected chi connectivity index (χ2v) is 6.70. The average molecular weight is 266 g/mol. The van der Waals surface area contributed by atoms with Gasteiger partial charge in [0.1, 0.15) is 0 Å². The topological polar surface area (TPSA) is 15.3 Å². The van der Waals surface area contributed by atoms with Crippen molar-refractivity contribution in [3.05, 3.63) is 0 Å². The van der Waals surface area contributed by atoms with E-state index < -0.39 is 0 Å². The molecule has 2 nitrogen and oxygen atoms in total. The molecule has 2 rings (SSSR count). The van der Waals surface area contributed by atoms with Gasteiger partial charge in [0, 0.05) is 18.6 Å². The Morgan fingerprint density at radius 3 is 2.21 bits per heavy atom. The molecule has 2 aliphatic rings. The molecule has 1 aliphatic heterocycles. The molecule has 1 saturated carbocycles. The molecule has 0 aromatic heterocycles. The lowest BCUT2D eigenvalue weighted by molar-refractivity contribution is 0.317. The van der Waals surface area contributed by atoms with E-state index in [1.807, 2.05) is 0 Å². The summed E-state index contributed by atoms with van der Waals surface area (Å²) in [6.07, 6.45) is 15.7. The first-order valence-electron chi connectivity index (χ1n) is 8.87. The van der Waals surface area contributed by atoms with Crippen molar-refractivity contribution in [2.24, 2.45) is 0 Å². The Kier molecular flexibility index (Phi) is 7.23. The van der Waals surface area contributed by atoms with E-state index in [9.17, 15) is 0 Å². The average Bonchev–Trinajstić information content (AvgIpc) is 3.11. The third-order valence-electron chi connectivity index (χ3n) is 4.65. The molecule has 2 heteroatoms. The molecule has 0 radical (unpaired) electrons. The van der Waals surface area contributed by atoms with Crippen molar-refractivity contribution in [3.8, 4) is 0 Å². The summed E-state index contributed by atoms with van der Waals surface area (Å²) in [5.74, 6) is 0. The van der Waals surface area contributed by atoms with Crippen LogP contribution in [0.15, 0.2) is 0 Å². The van der Waals surface area contributed by atoms with Crippen LogP contribution in [0.4, 0.5) is 0 Å². The van der Waals surface area contributed by atoms with Gasteiger partial charge in [0.15, 0.2) is 0 Å². The van der Waals surface area contributed by atoms with Crippen molar-refractivity contribution in [1.29, 1.82) is 0 Å². The van der Waals surface area contributed by atoms with E-state index in [0.29, 0.717) is 0 Å². The number of likely N-dealkylation sites (tertiary alicyclic amines) is 1. The molecule has 19 heavy (non-hydrogen) atoms. The first kappa shape index (κ1) is 15.3. The van der Waals surface area contributed by atoms with Crippen LogP contribution in [0.2, 0.25) is 0 Å². The van der Waals surface area contributed by atoms with E-state index >= 15 is 0 Å². The van der Waals surface area contributed by atoms with E-state index in [0.717, 1.165) is 12.1 Å². The molecule has 112 valence electrons. The zero-order chi connectivity index (χ0) is 13.3. The highest BCUT2D eigenvalue weighted by atomic mass is 15.2. The van der Waals surface area contributed by atoms with Crippen LogP contribution in [0.3, 0.4) is 0 Å². The fourth-order valence-corrected chi connectivity index (χ4v) is 3.22. The van der Waals surface area contributed by atoms with Gasteiger partial charge in [-0.1, -0.05) is 51.9 Å². The van der Waals surface area contributed by atoms with Gasteiger partial charge < -0.3 is 10.2 Å². The van der Waals surface area contributed by atoms with E-state index in [1.165, 1.54) is 90.3 Å². The van der Waals surface area contributed by atoms with Gasteiger partial charge in [-0.25, -0.2) is 0 Å². The monoisotopic (exact) mass is 266 g/mol. The molecular weight excluding hydrogens is 232 g/mol. The molecule has 0 bridgehead atoms. The molecule has 1 saturated heterocycles. The maximum absolute atomic E-state index is 3.77. The van der Waals surface area contributed by atoms with Crippen molar-refractivity contribution in [2.75, 3.05) is 19.6 Å². The third kappa shape index (κ3) is 6.76. The molecule has 1 N–H and O–H groups in total. The first-order chi connectivity index (χ1) is 9.38. The Bertz CT molecular complexity index is 225. The van der Waals surface area contributed by atoms with E-state index in [1.54, 1.807) is 0 Å². The van der Waals surface area contributed by atoms with Crippen LogP contribution in [0.5, 0.6) is 0 Å². The predicted molar refractivity (Wildman–Crippen MR) is 83.6 cm³/mol. The van der Waals surface area contributed by atoms with Crippen LogP contribution in [0, 0.1) is 0 Å². The fraction of sp³-hybridized carbons (Fsp3) is 1.00. The maximum atomic E-state index is 3.77. The summed E-state index contributed by atoms with van der Waals surface area (Å²) < 4.78 is 0. The Balaban J connectivity index is 1.37. The summed E-state index contributed by atoms with van der Waals surface area (Å²) in [7, 11) is 0. The lowest BCUT2D eigenvalue weighted by Crippen LogP contribution is -2.34. The number of nitrogens with zero attached hydrogens (tertiary/aromatic N) is 1. The highest BCUT2D eigenvalue weighted by Crippen LogP contribution is 2.22. The molecule has 1 unspecified atom stereocenters.